The van der Waals surface area contributed by atoms with E-state index < -0.39 is 12.1 Å². The lowest BCUT2D eigenvalue weighted by atomic mass is 9.98. The Morgan fingerprint density at radius 3 is 2.71 bits per heavy atom. The van der Waals surface area contributed by atoms with Gasteiger partial charge in [-0.15, -0.1) is 0 Å². The number of nitrogens with zero attached hydrogens (tertiary/aromatic N) is 1. The van der Waals surface area contributed by atoms with Gasteiger partial charge in [-0.05, 0) is 24.6 Å². The van der Waals surface area contributed by atoms with E-state index in [1.807, 2.05) is 6.07 Å². The zero-order valence-corrected chi connectivity index (χ0v) is 8.49. The minimum atomic E-state index is -0.691. The van der Waals surface area contributed by atoms with Crippen LogP contribution in [0.15, 0.2) is 18.2 Å². The van der Waals surface area contributed by atoms with Crippen molar-refractivity contribution in [3.8, 4) is 6.07 Å². The molecule has 0 bridgehead atoms. The Hall–Kier alpha value is -1.08. The Morgan fingerprint density at radius 1 is 1.57 bits per heavy atom. The van der Waals surface area contributed by atoms with Gasteiger partial charge in [0.05, 0.1) is 23.8 Å². The minimum Gasteiger partial charge on any atom is -0.391 e. The summed E-state index contributed by atoms with van der Waals surface area (Å²) >= 11 is 5.73. The topological polar surface area (TPSA) is 70.0 Å². The molecule has 0 unspecified atom stereocenters. The number of nitriles is 1. The summed E-state index contributed by atoms with van der Waals surface area (Å²) in [5.74, 6) is 0. The molecule has 2 atom stereocenters. The van der Waals surface area contributed by atoms with E-state index in [-0.39, 0.29) is 0 Å². The number of benzene rings is 1. The Labute approximate surface area is 87.7 Å². The molecule has 1 aromatic carbocycles. The molecule has 0 amide bonds. The first-order chi connectivity index (χ1) is 6.56. The maximum absolute atomic E-state index is 9.30. The normalized spacial score (nSPS) is 14.5. The first-order valence-corrected chi connectivity index (χ1v) is 4.57. The molecule has 4 heteroatoms. The lowest BCUT2D eigenvalue weighted by molar-refractivity contribution is 0.164. The first-order valence-electron chi connectivity index (χ1n) is 4.19. The molecule has 3 nitrogen and oxygen atoms in total. The molecule has 0 aromatic heterocycles. The smallest absolute Gasteiger partial charge is 0.0995 e. The van der Waals surface area contributed by atoms with Crippen LogP contribution in [0.25, 0.3) is 0 Å². The highest BCUT2D eigenvalue weighted by Crippen LogP contribution is 2.22. The summed E-state index contributed by atoms with van der Waals surface area (Å²) in [6, 6.07) is 6.30. The molecular formula is C10H11ClN2O. The zero-order valence-electron chi connectivity index (χ0n) is 7.74. The standard InChI is InChI=1S/C10H11ClN2O/c1-6(14)10(13)9-3-2-8(11)4-7(9)5-12/h2-4,6,10,14H,13H2,1H3/t6-,10-/m0/s1. The van der Waals surface area contributed by atoms with E-state index in [1.54, 1.807) is 25.1 Å². The number of halogens is 1. The van der Waals surface area contributed by atoms with E-state index in [0.717, 1.165) is 0 Å². The number of rotatable bonds is 2. The molecule has 74 valence electrons. The highest BCUT2D eigenvalue weighted by Gasteiger charge is 2.15. The summed E-state index contributed by atoms with van der Waals surface area (Å²) in [7, 11) is 0. The van der Waals surface area contributed by atoms with Crippen LogP contribution in [0.5, 0.6) is 0 Å². The Bertz CT molecular complexity index is 371. The number of nitrogens with two attached hydrogens (primary N) is 1. The summed E-state index contributed by atoms with van der Waals surface area (Å²) in [6.07, 6.45) is -0.691. The quantitative estimate of drug-likeness (QED) is 0.779. The van der Waals surface area contributed by atoms with Crippen LogP contribution < -0.4 is 5.73 Å². The Morgan fingerprint density at radius 2 is 2.21 bits per heavy atom. The van der Waals surface area contributed by atoms with Crippen LogP contribution in [0.4, 0.5) is 0 Å². The zero-order chi connectivity index (χ0) is 10.7. The molecule has 1 aromatic rings. The van der Waals surface area contributed by atoms with Crippen LogP contribution in [0.2, 0.25) is 5.02 Å². The van der Waals surface area contributed by atoms with Gasteiger partial charge in [0.1, 0.15) is 0 Å². The van der Waals surface area contributed by atoms with E-state index in [1.165, 1.54) is 0 Å². The summed E-state index contributed by atoms with van der Waals surface area (Å²) in [4.78, 5) is 0. The average Bonchev–Trinajstić information content (AvgIpc) is 2.16. The van der Waals surface area contributed by atoms with Gasteiger partial charge in [-0.3, -0.25) is 0 Å². The second-order valence-corrected chi connectivity index (χ2v) is 3.55. The predicted molar refractivity (Wildman–Crippen MR) is 54.8 cm³/mol. The third kappa shape index (κ3) is 2.24. The highest BCUT2D eigenvalue weighted by molar-refractivity contribution is 6.30. The van der Waals surface area contributed by atoms with Gasteiger partial charge in [0.15, 0.2) is 0 Å². The average molecular weight is 211 g/mol. The van der Waals surface area contributed by atoms with Crippen molar-refractivity contribution in [2.45, 2.75) is 19.1 Å². The molecule has 0 heterocycles. The van der Waals surface area contributed by atoms with Crippen molar-refractivity contribution in [3.63, 3.8) is 0 Å². The largest absolute Gasteiger partial charge is 0.391 e. The SMILES string of the molecule is C[C@H](O)[C@H](N)c1ccc(Cl)cc1C#N. The van der Waals surface area contributed by atoms with Gasteiger partial charge in [0.2, 0.25) is 0 Å². The second-order valence-electron chi connectivity index (χ2n) is 3.11. The van der Waals surface area contributed by atoms with Gasteiger partial charge in [-0.25, -0.2) is 0 Å². The van der Waals surface area contributed by atoms with Crippen LogP contribution in [0, 0.1) is 11.3 Å². The van der Waals surface area contributed by atoms with Crippen molar-refractivity contribution in [2.24, 2.45) is 5.73 Å². The van der Waals surface area contributed by atoms with Crippen molar-refractivity contribution in [1.29, 1.82) is 5.26 Å². The van der Waals surface area contributed by atoms with Crippen LogP contribution >= 0.6 is 11.6 Å². The van der Waals surface area contributed by atoms with Gasteiger partial charge in [0.25, 0.3) is 0 Å². The number of aliphatic hydroxyl groups excluding tert-OH is 1. The molecule has 0 fully saturated rings. The van der Waals surface area contributed by atoms with Gasteiger partial charge in [-0.1, -0.05) is 17.7 Å². The van der Waals surface area contributed by atoms with E-state index in [9.17, 15) is 5.11 Å². The fourth-order valence-electron chi connectivity index (χ4n) is 1.18. The highest BCUT2D eigenvalue weighted by atomic mass is 35.5. The number of hydrogen-bond donors (Lipinski definition) is 2. The van der Waals surface area contributed by atoms with Crippen LogP contribution in [0.3, 0.4) is 0 Å². The fourth-order valence-corrected chi connectivity index (χ4v) is 1.35. The Balaban J connectivity index is 3.16. The maximum Gasteiger partial charge on any atom is 0.0995 e. The predicted octanol–water partition coefficient (Wildman–Crippen LogP) is 1.59. The van der Waals surface area contributed by atoms with E-state index in [2.05, 4.69) is 0 Å². The van der Waals surface area contributed by atoms with Gasteiger partial charge in [0, 0.05) is 5.02 Å². The molecule has 1 rings (SSSR count). The van der Waals surface area contributed by atoms with E-state index >= 15 is 0 Å². The third-order valence-electron chi connectivity index (χ3n) is 2.01. The molecule has 14 heavy (non-hydrogen) atoms. The molecule has 0 saturated heterocycles. The summed E-state index contributed by atoms with van der Waals surface area (Å²) in [6.45, 7) is 1.58. The molecular weight excluding hydrogens is 200 g/mol. The molecule has 3 N–H and O–H groups in total. The van der Waals surface area contributed by atoms with Gasteiger partial charge in [-0.2, -0.15) is 5.26 Å². The van der Waals surface area contributed by atoms with E-state index in [4.69, 9.17) is 22.6 Å². The van der Waals surface area contributed by atoms with Crippen molar-refractivity contribution in [1.82, 2.24) is 0 Å². The van der Waals surface area contributed by atoms with E-state index in [0.29, 0.717) is 16.1 Å². The second kappa shape index (κ2) is 4.43. The fraction of sp³-hybridized carbons (Fsp3) is 0.300. The molecule has 0 aliphatic heterocycles. The molecule has 0 aliphatic carbocycles. The number of hydrogen-bond acceptors (Lipinski definition) is 3. The third-order valence-corrected chi connectivity index (χ3v) is 2.25. The van der Waals surface area contributed by atoms with Crippen molar-refractivity contribution < 1.29 is 5.11 Å². The van der Waals surface area contributed by atoms with Crippen LogP contribution in [-0.2, 0) is 0 Å². The lowest BCUT2D eigenvalue weighted by Gasteiger charge is -2.16. The van der Waals surface area contributed by atoms with Gasteiger partial charge >= 0.3 is 0 Å². The molecule has 0 aliphatic rings. The molecule has 0 spiro atoms. The van der Waals surface area contributed by atoms with Gasteiger partial charge < -0.3 is 10.8 Å². The Kier molecular flexibility index (Phi) is 3.48. The lowest BCUT2D eigenvalue weighted by Crippen LogP contribution is -2.24. The summed E-state index contributed by atoms with van der Waals surface area (Å²) in [5.41, 5.74) is 6.75. The summed E-state index contributed by atoms with van der Waals surface area (Å²) in [5, 5.41) is 18.6. The maximum atomic E-state index is 9.30. The molecule has 0 radical (unpaired) electrons. The van der Waals surface area contributed by atoms with Crippen molar-refractivity contribution in [2.75, 3.05) is 0 Å². The van der Waals surface area contributed by atoms with Crippen LogP contribution in [0.1, 0.15) is 24.1 Å². The van der Waals surface area contributed by atoms with Crippen molar-refractivity contribution in [3.05, 3.63) is 34.3 Å². The number of aliphatic hydroxyl groups is 1. The first kappa shape index (κ1) is 11.0. The monoisotopic (exact) mass is 210 g/mol. The van der Waals surface area contributed by atoms with Crippen molar-refractivity contribution >= 4 is 11.6 Å². The van der Waals surface area contributed by atoms with Crippen LogP contribution in [-0.4, -0.2) is 11.2 Å². The minimum absolute atomic E-state index is 0.408. The summed E-state index contributed by atoms with van der Waals surface area (Å²) < 4.78 is 0. The molecule has 0 saturated carbocycles.